The van der Waals surface area contributed by atoms with Gasteiger partial charge in [-0.1, -0.05) is 49.6 Å². The van der Waals surface area contributed by atoms with Crippen molar-refractivity contribution in [3.63, 3.8) is 0 Å². The summed E-state index contributed by atoms with van der Waals surface area (Å²) in [6.07, 6.45) is 5.67. The molecule has 3 heteroatoms. The first-order chi connectivity index (χ1) is 10.1. The second-order valence-electron chi connectivity index (χ2n) is 6.47. The van der Waals surface area contributed by atoms with Crippen molar-refractivity contribution in [3.05, 3.63) is 35.9 Å². The summed E-state index contributed by atoms with van der Waals surface area (Å²) in [5, 5.41) is 12.4. The summed E-state index contributed by atoms with van der Waals surface area (Å²) in [6.45, 7) is 3.82. The van der Waals surface area contributed by atoms with Gasteiger partial charge < -0.3 is 5.32 Å². The lowest BCUT2D eigenvalue weighted by Gasteiger charge is -2.30. The number of amides is 1. The highest BCUT2D eigenvalue weighted by Gasteiger charge is 2.33. The van der Waals surface area contributed by atoms with E-state index in [1.807, 2.05) is 44.2 Å². The van der Waals surface area contributed by atoms with E-state index in [0.29, 0.717) is 5.92 Å². The first-order valence-electron chi connectivity index (χ1n) is 7.82. The van der Waals surface area contributed by atoms with Crippen molar-refractivity contribution in [2.45, 2.75) is 57.4 Å². The predicted molar refractivity (Wildman–Crippen MR) is 83.6 cm³/mol. The summed E-state index contributed by atoms with van der Waals surface area (Å²) in [6, 6.07) is 11.7. The molecule has 2 rings (SSSR count). The van der Waals surface area contributed by atoms with Crippen molar-refractivity contribution >= 4 is 5.91 Å². The Kier molecular flexibility index (Phi) is 5.01. The lowest BCUT2D eigenvalue weighted by molar-refractivity contribution is -0.126. The average Bonchev–Trinajstić information content (AvgIpc) is 2.54. The third-order valence-corrected chi connectivity index (χ3v) is 4.61. The molecule has 0 saturated heterocycles. The molecule has 1 aromatic carbocycles. The molecule has 0 radical (unpaired) electrons. The standard InChI is InChI=1S/C18H24N2O/c1-18(2,15-11-7-4-8-12-15)17(21)20-16(13-19)14-9-5-3-6-10-14/h4,7-8,11-12,14,16H,3,5-6,9-10H2,1-2H3,(H,20,21). The second kappa shape index (κ2) is 6.76. The lowest BCUT2D eigenvalue weighted by atomic mass is 9.81. The van der Waals surface area contributed by atoms with Gasteiger partial charge in [-0.3, -0.25) is 4.79 Å². The van der Waals surface area contributed by atoms with E-state index in [1.165, 1.54) is 19.3 Å². The van der Waals surface area contributed by atoms with E-state index in [0.717, 1.165) is 18.4 Å². The van der Waals surface area contributed by atoms with Crippen LogP contribution in [0.25, 0.3) is 0 Å². The molecule has 0 aliphatic heterocycles. The number of hydrogen-bond acceptors (Lipinski definition) is 2. The molecule has 1 saturated carbocycles. The molecule has 21 heavy (non-hydrogen) atoms. The van der Waals surface area contributed by atoms with Gasteiger partial charge in [0.1, 0.15) is 6.04 Å². The van der Waals surface area contributed by atoms with Crippen molar-refractivity contribution in [2.24, 2.45) is 5.92 Å². The van der Waals surface area contributed by atoms with E-state index in [9.17, 15) is 10.1 Å². The van der Waals surface area contributed by atoms with Gasteiger partial charge in [-0.25, -0.2) is 0 Å². The molecule has 1 aromatic rings. The van der Waals surface area contributed by atoms with E-state index in [4.69, 9.17) is 0 Å². The van der Waals surface area contributed by atoms with Gasteiger partial charge in [0.05, 0.1) is 11.5 Å². The number of rotatable bonds is 4. The molecule has 1 N–H and O–H groups in total. The van der Waals surface area contributed by atoms with Crippen LogP contribution >= 0.6 is 0 Å². The van der Waals surface area contributed by atoms with Crippen LogP contribution in [0.4, 0.5) is 0 Å². The Morgan fingerprint density at radius 1 is 1.24 bits per heavy atom. The molecule has 112 valence electrons. The number of nitrogens with one attached hydrogen (secondary N) is 1. The quantitative estimate of drug-likeness (QED) is 0.919. The van der Waals surface area contributed by atoms with Gasteiger partial charge in [-0.05, 0) is 38.2 Å². The van der Waals surface area contributed by atoms with Crippen molar-refractivity contribution in [2.75, 3.05) is 0 Å². The molecular weight excluding hydrogens is 260 g/mol. The SMILES string of the molecule is CC(C)(C(=O)NC(C#N)C1CCCCC1)c1ccccc1. The molecule has 0 aromatic heterocycles. The van der Waals surface area contributed by atoms with Crippen LogP contribution < -0.4 is 5.32 Å². The molecule has 1 amide bonds. The Balaban J connectivity index is 2.07. The number of nitriles is 1. The highest BCUT2D eigenvalue weighted by Crippen LogP contribution is 2.28. The van der Waals surface area contributed by atoms with Crippen LogP contribution in [-0.2, 0) is 10.2 Å². The fourth-order valence-electron chi connectivity index (χ4n) is 3.03. The number of nitrogens with zero attached hydrogens (tertiary/aromatic N) is 1. The van der Waals surface area contributed by atoms with E-state index >= 15 is 0 Å². The van der Waals surface area contributed by atoms with E-state index in [2.05, 4.69) is 11.4 Å². The zero-order valence-corrected chi connectivity index (χ0v) is 12.9. The van der Waals surface area contributed by atoms with Crippen LogP contribution in [0.1, 0.15) is 51.5 Å². The maximum absolute atomic E-state index is 12.6. The first kappa shape index (κ1) is 15.6. The minimum absolute atomic E-state index is 0.0641. The largest absolute Gasteiger partial charge is 0.339 e. The smallest absolute Gasteiger partial charge is 0.231 e. The van der Waals surface area contributed by atoms with Gasteiger partial charge in [0.25, 0.3) is 0 Å². The first-order valence-corrected chi connectivity index (χ1v) is 7.82. The maximum atomic E-state index is 12.6. The third kappa shape index (κ3) is 3.64. The van der Waals surface area contributed by atoms with Crippen LogP contribution in [0.3, 0.4) is 0 Å². The Hall–Kier alpha value is -1.82. The number of carbonyl (C=O) groups is 1. The van der Waals surface area contributed by atoms with E-state index in [-0.39, 0.29) is 11.9 Å². The zero-order valence-electron chi connectivity index (χ0n) is 12.9. The molecule has 1 aliphatic carbocycles. The molecule has 0 spiro atoms. The van der Waals surface area contributed by atoms with Gasteiger partial charge in [0.15, 0.2) is 0 Å². The normalized spacial score (nSPS) is 17.8. The minimum Gasteiger partial charge on any atom is -0.339 e. The van der Waals surface area contributed by atoms with Crippen LogP contribution in [0.5, 0.6) is 0 Å². The fraction of sp³-hybridized carbons (Fsp3) is 0.556. The highest BCUT2D eigenvalue weighted by molar-refractivity contribution is 5.87. The topological polar surface area (TPSA) is 52.9 Å². The van der Waals surface area contributed by atoms with Crippen molar-refractivity contribution in [1.82, 2.24) is 5.32 Å². The molecule has 0 heterocycles. The monoisotopic (exact) mass is 284 g/mol. The highest BCUT2D eigenvalue weighted by atomic mass is 16.2. The molecular formula is C18H24N2O. The van der Waals surface area contributed by atoms with Gasteiger partial charge in [0, 0.05) is 0 Å². The minimum atomic E-state index is -0.620. The van der Waals surface area contributed by atoms with E-state index < -0.39 is 5.41 Å². The maximum Gasteiger partial charge on any atom is 0.231 e. The number of benzene rings is 1. The van der Waals surface area contributed by atoms with E-state index in [1.54, 1.807) is 0 Å². The van der Waals surface area contributed by atoms with Gasteiger partial charge in [-0.15, -0.1) is 0 Å². The average molecular weight is 284 g/mol. The molecule has 0 bridgehead atoms. The van der Waals surface area contributed by atoms with Crippen molar-refractivity contribution in [3.8, 4) is 6.07 Å². The van der Waals surface area contributed by atoms with Crippen LogP contribution in [0, 0.1) is 17.2 Å². The Morgan fingerprint density at radius 3 is 2.43 bits per heavy atom. The van der Waals surface area contributed by atoms with Crippen LogP contribution in [0.15, 0.2) is 30.3 Å². The Labute approximate surface area is 127 Å². The van der Waals surface area contributed by atoms with Crippen molar-refractivity contribution < 1.29 is 4.79 Å². The molecule has 1 fully saturated rings. The molecule has 3 nitrogen and oxygen atoms in total. The van der Waals surface area contributed by atoms with Crippen LogP contribution in [-0.4, -0.2) is 11.9 Å². The third-order valence-electron chi connectivity index (χ3n) is 4.61. The molecule has 1 aliphatic rings. The lowest BCUT2D eigenvalue weighted by Crippen LogP contribution is -2.47. The Morgan fingerprint density at radius 2 is 1.86 bits per heavy atom. The second-order valence-corrected chi connectivity index (χ2v) is 6.47. The molecule has 1 atom stereocenters. The van der Waals surface area contributed by atoms with Gasteiger partial charge in [0.2, 0.25) is 5.91 Å². The Bertz CT molecular complexity index is 510. The summed E-state index contributed by atoms with van der Waals surface area (Å²) in [5.41, 5.74) is 0.355. The summed E-state index contributed by atoms with van der Waals surface area (Å²) in [5.74, 6) is 0.241. The molecule has 1 unspecified atom stereocenters. The van der Waals surface area contributed by atoms with Crippen LogP contribution in [0.2, 0.25) is 0 Å². The summed E-state index contributed by atoms with van der Waals surface area (Å²) in [7, 11) is 0. The van der Waals surface area contributed by atoms with Crippen molar-refractivity contribution in [1.29, 1.82) is 5.26 Å². The number of hydrogen-bond donors (Lipinski definition) is 1. The summed E-state index contributed by atoms with van der Waals surface area (Å²) < 4.78 is 0. The summed E-state index contributed by atoms with van der Waals surface area (Å²) >= 11 is 0. The zero-order chi connectivity index (χ0) is 15.3. The number of carbonyl (C=O) groups excluding carboxylic acids is 1. The van der Waals surface area contributed by atoms with Gasteiger partial charge >= 0.3 is 0 Å². The summed E-state index contributed by atoms with van der Waals surface area (Å²) in [4.78, 5) is 12.6. The predicted octanol–water partition coefficient (Wildman–Crippen LogP) is 3.55. The van der Waals surface area contributed by atoms with Gasteiger partial charge in [-0.2, -0.15) is 5.26 Å². The fourth-order valence-corrected chi connectivity index (χ4v) is 3.03.